The quantitative estimate of drug-likeness (QED) is 0.920. The van der Waals surface area contributed by atoms with Gasteiger partial charge in [0.05, 0.1) is 12.1 Å². The molecule has 2 aromatic heterocycles. The van der Waals surface area contributed by atoms with Crippen molar-refractivity contribution in [1.29, 1.82) is 0 Å². The summed E-state index contributed by atoms with van der Waals surface area (Å²) in [5.74, 6) is 0.987. The van der Waals surface area contributed by atoms with Crippen LogP contribution in [0, 0.1) is 6.92 Å². The lowest BCUT2D eigenvalue weighted by Crippen LogP contribution is -2.32. The van der Waals surface area contributed by atoms with E-state index in [-0.39, 0.29) is 18.1 Å². The Balaban J connectivity index is 1.91. The molecule has 21 heavy (non-hydrogen) atoms. The Morgan fingerprint density at radius 1 is 1.62 bits per heavy atom. The maximum atomic E-state index is 12.8. The van der Waals surface area contributed by atoms with Crippen LogP contribution in [0.4, 0.5) is 0 Å². The lowest BCUT2D eigenvalue weighted by atomic mass is 10.2. The minimum absolute atomic E-state index is 0.00255. The van der Waals surface area contributed by atoms with Gasteiger partial charge in [-0.25, -0.2) is 4.98 Å². The third-order valence-corrected chi connectivity index (χ3v) is 4.16. The highest BCUT2D eigenvalue weighted by molar-refractivity contribution is 9.10. The molecule has 112 valence electrons. The second-order valence-corrected chi connectivity index (χ2v) is 5.89. The van der Waals surface area contributed by atoms with Gasteiger partial charge in [0.15, 0.2) is 10.4 Å². The van der Waals surface area contributed by atoms with Gasteiger partial charge >= 0.3 is 0 Å². The Kier molecular flexibility index (Phi) is 3.86. The zero-order chi connectivity index (χ0) is 15.0. The fourth-order valence-corrected chi connectivity index (χ4v) is 3.20. The lowest BCUT2D eigenvalue weighted by molar-refractivity contribution is 0.0652. The van der Waals surface area contributed by atoms with E-state index in [2.05, 4.69) is 25.9 Å². The minimum Gasteiger partial charge on any atom is -0.444 e. The van der Waals surface area contributed by atoms with E-state index in [1.54, 1.807) is 30.5 Å². The molecule has 0 saturated carbocycles. The highest BCUT2D eigenvalue weighted by Gasteiger charge is 2.39. The summed E-state index contributed by atoms with van der Waals surface area (Å²) < 4.78 is 11.4. The van der Waals surface area contributed by atoms with Crippen LogP contribution in [-0.2, 0) is 4.74 Å². The molecule has 0 spiro atoms. The molecule has 1 aliphatic heterocycles. The molecule has 0 aromatic carbocycles. The summed E-state index contributed by atoms with van der Waals surface area (Å²) in [4.78, 5) is 21.9. The zero-order valence-electron chi connectivity index (χ0n) is 11.8. The number of hydrogen-bond donors (Lipinski definition) is 1. The van der Waals surface area contributed by atoms with Crippen molar-refractivity contribution in [3.8, 4) is 0 Å². The third kappa shape index (κ3) is 2.63. The van der Waals surface area contributed by atoms with Crippen molar-refractivity contribution in [2.75, 3.05) is 13.7 Å². The van der Waals surface area contributed by atoms with Gasteiger partial charge in [-0.15, -0.1) is 0 Å². The molecule has 0 bridgehead atoms. The van der Waals surface area contributed by atoms with Crippen LogP contribution in [0.2, 0.25) is 0 Å². The van der Waals surface area contributed by atoms with Gasteiger partial charge in [0.2, 0.25) is 0 Å². The number of H-pyrrole nitrogens is 1. The van der Waals surface area contributed by atoms with Crippen LogP contribution in [0.5, 0.6) is 0 Å². The molecule has 1 unspecified atom stereocenters. The summed E-state index contributed by atoms with van der Waals surface area (Å²) in [6.07, 6.45) is 4.17. The van der Waals surface area contributed by atoms with Gasteiger partial charge in [0.25, 0.3) is 5.91 Å². The van der Waals surface area contributed by atoms with Crippen molar-refractivity contribution >= 4 is 21.8 Å². The average Bonchev–Trinajstić information content (AvgIpc) is 3.16. The van der Waals surface area contributed by atoms with Crippen molar-refractivity contribution in [2.45, 2.75) is 25.5 Å². The number of nitrogens with zero attached hydrogens (tertiary/aromatic N) is 2. The minimum atomic E-state index is -0.140. The standard InChI is InChI=1S/C14H16BrN3O3/c1-8-5-11(15)21-12(8)14(19)18-7-9(20-2)6-10(18)13-16-3-4-17-13/h3-5,9-10H,6-7H2,1-2H3,(H,16,17)/t9-,10?/m1/s1. The number of ether oxygens (including phenoxy) is 1. The molecule has 1 aliphatic rings. The average molecular weight is 354 g/mol. The highest BCUT2D eigenvalue weighted by Crippen LogP contribution is 2.34. The summed E-state index contributed by atoms with van der Waals surface area (Å²) in [5, 5.41) is 0. The van der Waals surface area contributed by atoms with Crippen LogP contribution < -0.4 is 0 Å². The van der Waals surface area contributed by atoms with Crippen LogP contribution in [0.15, 0.2) is 27.5 Å². The number of carbonyl (C=O) groups is 1. The monoisotopic (exact) mass is 353 g/mol. The van der Waals surface area contributed by atoms with Crippen LogP contribution in [0.1, 0.15) is 34.4 Å². The van der Waals surface area contributed by atoms with E-state index in [4.69, 9.17) is 9.15 Å². The second kappa shape index (κ2) is 5.65. The maximum absolute atomic E-state index is 12.8. The Hall–Kier alpha value is -1.60. The fourth-order valence-electron chi connectivity index (χ4n) is 2.70. The molecule has 1 amide bonds. The predicted molar refractivity (Wildman–Crippen MR) is 78.9 cm³/mol. The van der Waals surface area contributed by atoms with Gasteiger partial charge in [-0.3, -0.25) is 4.79 Å². The summed E-state index contributed by atoms with van der Waals surface area (Å²) in [5.41, 5.74) is 0.811. The highest BCUT2D eigenvalue weighted by atomic mass is 79.9. The molecule has 6 nitrogen and oxygen atoms in total. The maximum Gasteiger partial charge on any atom is 0.290 e. The van der Waals surface area contributed by atoms with E-state index in [0.29, 0.717) is 17.0 Å². The molecule has 1 N–H and O–H groups in total. The smallest absolute Gasteiger partial charge is 0.290 e. The topological polar surface area (TPSA) is 71.4 Å². The molecule has 3 rings (SSSR count). The Morgan fingerprint density at radius 2 is 2.43 bits per heavy atom. The first-order valence-electron chi connectivity index (χ1n) is 6.69. The molecule has 1 fully saturated rings. The Morgan fingerprint density at radius 3 is 3.00 bits per heavy atom. The van der Waals surface area contributed by atoms with E-state index in [1.807, 2.05) is 6.92 Å². The summed E-state index contributed by atoms with van der Waals surface area (Å²) in [6, 6.07) is 1.67. The number of nitrogens with one attached hydrogen (secondary N) is 1. The first-order valence-corrected chi connectivity index (χ1v) is 7.48. The first-order chi connectivity index (χ1) is 10.1. The Labute approximate surface area is 130 Å². The molecule has 1 saturated heterocycles. The number of aromatic nitrogens is 2. The number of rotatable bonds is 3. The normalized spacial score (nSPS) is 22.0. The predicted octanol–water partition coefficient (Wildman–Crippen LogP) is 2.68. The number of halogens is 1. The molecule has 3 heterocycles. The van der Waals surface area contributed by atoms with Crippen LogP contribution in [0.3, 0.4) is 0 Å². The second-order valence-electron chi connectivity index (χ2n) is 5.10. The number of imidazole rings is 1. The lowest BCUT2D eigenvalue weighted by Gasteiger charge is -2.22. The van der Waals surface area contributed by atoms with Crippen LogP contribution in [-0.4, -0.2) is 40.5 Å². The number of aromatic amines is 1. The summed E-state index contributed by atoms with van der Waals surface area (Å²) in [7, 11) is 1.66. The molecule has 2 atom stereocenters. The summed E-state index contributed by atoms with van der Waals surface area (Å²) >= 11 is 3.26. The Bertz CT molecular complexity index is 638. The van der Waals surface area contributed by atoms with Crippen molar-refractivity contribution in [3.63, 3.8) is 0 Å². The number of aryl methyl sites for hydroxylation is 1. The van der Waals surface area contributed by atoms with Gasteiger partial charge in [0, 0.05) is 38.0 Å². The van der Waals surface area contributed by atoms with Gasteiger partial charge in [0.1, 0.15) is 5.82 Å². The van der Waals surface area contributed by atoms with Crippen molar-refractivity contribution in [3.05, 3.63) is 40.3 Å². The van der Waals surface area contributed by atoms with E-state index in [9.17, 15) is 4.79 Å². The number of methoxy groups -OCH3 is 1. The summed E-state index contributed by atoms with van der Waals surface area (Å²) in [6.45, 7) is 2.38. The largest absolute Gasteiger partial charge is 0.444 e. The molecule has 7 heteroatoms. The van der Waals surface area contributed by atoms with Gasteiger partial charge in [-0.1, -0.05) is 0 Å². The zero-order valence-corrected chi connectivity index (χ0v) is 13.4. The van der Waals surface area contributed by atoms with Crippen molar-refractivity contribution in [1.82, 2.24) is 14.9 Å². The molecule has 2 aromatic rings. The van der Waals surface area contributed by atoms with E-state index >= 15 is 0 Å². The van der Waals surface area contributed by atoms with Gasteiger partial charge < -0.3 is 19.0 Å². The number of carbonyl (C=O) groups excluding carboxylic acids is 1. The van der Waals surface area contributed by atoms with E-state index in [0.717, 1.165) is 17.8 Å². The molecular formula is C14H16BrN3O3. The molecule has 0 aliphatic carbocycles. The van der Waals surface area contributed by atoms with Gasteiger partial charge in [-0.05, 0) is 28.9 Å². The van der Waals surface area contributed by atoms with Crippen LogP contribution >= 0.6 is 15.9 Å². The van der Waals surface area contributed by atoms with E-state index < -0.39 is 0 Å². The third-order valence-electron chi connectivity index (χ3n) is 3.77. The first kappa shape index (κ1) is 14.3. The van der Waals surface area contributed by atoms with Crippen LogP contribution in [0.25, 0.3) is 0 Å². The SMILES string of the molecule is CO[C@@H]1CC(c2ncc[nH]2)N(C(=O)c2oc(Br)cc2C)C1. The molecular weight excluding hydrogens is 338 g/mol. The van der Waals surface area contributed by atoms with Gasteiger partial charge in [-0.2, -0.15) is 0 Å². The number of amides is 1. The number of likely N-dealkylation sites (tertiary alicyclic amines) is 1. The number of furan rings is 1. The van der Waals surface area contributed by atoms with Crippen molar-refractivity contribution < 1.29 is 13.9 Å². The van der Waals surface area contributed by atoms with E-state index in [1.165, 1.54) is 0 Å². The fraction of sp³-hybridized carbons (Fsp3) is 0.429. The molecule has 0 radical (unpaired) electrons. The number of hydrogen-bond acceptors (Lipinski definition) is 4. The van der Waals surface area contributed by atoms with Crippen molar-refractivity contribution in [2.24, 2.45) is 0 Å².